The number of rotatable bonds is 1. The Bertz CT molecular complexity index is 1120. The van der Waals surface area contributed by atoms with Gasteiger partial charge in [-0.1, -0.05) is 41.6 Å². The van der Waals surface area contributed by atoms with Gasteiger partial charge in [-0.3, -0.25) is 4.99 Å². The van der Waals surface area contributed by atoms with Crippen molar-refractivity contribution in [2.75, 3.05) is 18.5 Å². The molecule has 0 aliphatic carbocycles. The van der Waals surface area contributed by atoms with Gasteiger partial charge in [0.05, 0.1) is 17.6 Å². The van der Waals surface area contributed by atoms with Gasteiger partial charge in [-0.15, -0.1) is 0 Å². The van der Waals surface area contributed by atoms with E-state index in [2.05, 4.69) is 53.6 Å². The van der Waals surface area contributed by atoms with Crippen LogP contribution in [0.2, 0.25) is 5.02 Å². The van der Waals surface area contributed by atoms with Gasteiger partial charge in [0.15, 0.2) is 0 Å². The number of nitrogens with two attached hydrogens (primary N) is 1. The minimum Gasteiger partial charge on any atom is -0.383 e. The number of halogens is 1. The van der Waals surface area contributed by atoms with Crippen molar-refractivity contribution in [3.63, 3.8) is 0 Å². The largest absolute Gasteiger partial charge is 0.383 e. The molecule has 0 saturated carbocycles. The van der Waals surface area contributed by atoms with E-state index < -0.39 is 0 Å². The van der Waals surface area contributed by atoms with Crippen LogP contribution in [-0.2, 0) is 0 Å². The Balaban J connectivity index is 0.00000117. The number of anilines is 1. The van der Waals surface area contributed by atoms with Gasteiger partial charge >= 0.3 is 0 Å². The highest BCUT2D eigenvalue weighted by Crippen LogP contribution is 2.25. The highest BCUT2D eigenvalue weighted by molar-refractivity contribution is 7.79. The van der Waals surface area contributed by atoms with E-state index in [9.17, 15) is 0 Å². The van der Waals surface area contributed by atoms with Crippen LogP contribution in [-0.4, -0.2) is 29.2 Å². The van der Waals surface area contributed by atoms with Gasteiger partial charge in [-0.25, -0.2) is 4.98 Å². The van der Waals surface area contributed by atoms with Gasteiger partial charge in [-0.05, 0) is 44.4 Å². The summed E-state index contributed by atoms with van der Waals surface area (Å²) in [5.41, 5.74) is 8.71. The third-order valence-corrected chi connectivity index (χ3v) is 4.70. The zero-order valence-corrected chi connectivity index (χ0v) is 18.3. The Morgan fingerprint density at radius 2 is 1.83 bits per heavy atom. The van der Waals surface area contributed by atoms with Crippen LogP contribution < -0.4 is 11.1 Å². The standard InChI is InChI=1S/C22H19ClN4.CH4S/c1-22(2)13-26-21(27-22)15-6-3-14(4-7-15)5-10-18-19-11-17(23)9-8-16(19)12-25-20(18)24;1-2/h3-4,6-9,11-12H,13H2,1-2H3,(H2,24,25)(H,26,27);2H,1H3. The summed E-state index contributed by atoms with van der Waals surface area (Å²) in [7, 11) is 0. The number of pyridine rings is 1. The van der Waals surface area contributed by atoms with E-state index >= 15 is 0 Å². The molecule has 0 amide bonds. The molecule has 3 N–H and O–H groups in total. The predicted molar refractivity (Wildman–Crippen MR) is 127 cm³/mol. The van der Waals surface area contributed by atoms with E-state index in [1.165, 1.54) is 0 Å². The number of fused-ring (bicyclic) bond motifs is 1. The molecule has 0 spiro atoms. The van der Waals surface area contributed by atoms with Crippen molar-refractivity contribution in [2.24, 2.45) is 4.99 Å². The van der Waals surface area contributed by atoms with E-state index in [1.54, 1.807) is 12.5 Å². The molecule has 0 saturated heterocycles. The first-order valence-electron chi connectivity index (χ1n) is 9.15. The molecule has 0 bridgehead atoms. The average molecular weight is 423 g/mol. The number of nitrogens with zero attached hydrogens (tertiary/aromatic N) is 2. The number of benzene rings is 2. The predicted octanol–water partition coefficient (Wildman–Crippen LogP) is 4.54. The Morgan fingerprint density at radius 1 is 1.10 bits per heavy atom. The molecular weight excluding hydrogens is 400 g/mol. The zero-order chi connectivity index (χ0) is 21.0. The molecule has 0 radical (unpaired) electrons. The third-order valence-electron chi connectivity index (χ3n) is 4.46. The number of nitrogen functional groups attached to an aromatic ring is 1. The molecule has 6 heteroatoms. The van der Waals surface area contributed by atoms with Crippen molar-refractivity contribution < 1.29 is 0 Å². The van der Waals surface area contributed by atoms with Crippen LogP contribution in [0.1, 0.15) is 30.5 Å². The molecule has 0 atom stereocenters. The second-order valence-corrected chi connectivity index (χ2v) is 7.69. The SMILES string of the molecule is CC1(C)CN=C(c2ccc(C#Cc3c(N)ncc4ccc(Cl)cc34)cc2)N1.CS. The molecular formula is C23H23ClN4S. The van der Waals surface area contributed by atoms with E-state index in [0.29, 0.717) is 16.4 Å². The Labute approximate surface area is 182 Å². The zero-order valence-electron chi connectivity index (χ0n) is 16.6. The van der Waals surface area contributed by atoms with Crippen LogP contribution in [0.4, 0.5) is 5.82 Å². The quantitative estimate of drug-likeness (QED) is 0.398. The lowest BCUT2D eigenvalue weighted by Gasteiger charge is -2.18. The molecule has 4 rings (SSSR count). The molecule has 1 aliphatic heterocycles. The summed E-state index contributed by atoms with van der Waals surface area (Å²) in [6.07, 6.45) is 3.43. The topological polar surface area (TPSA) is 63.3 Å². The lowest BCUT2D eigenvalue weighted by atomic mass is 10.1. The smallest absolute Gasteiger partial charge is 0.139 e. The Morgan fingerprint density at radius 3 is 2.48 bits per heavy atom. The molecule has 1 aliphatic rings. The first-order valence-corrected chi connectivity index (χ1v) is 10.4. The number of nitrogens with one attached hydrogen (secondary N) is 1. The minimum absolute atomic E-state index is 0.00791. The van der Waals surface area contributed by atoms with Gasteiger partial charge in [0, 0.05) is 33.1 Å². The van der Waals surface area contributed by atoms with E-state index in [4.69, 9.17) is 17.3 Å². The van der Waals surface area contributed by atoms with Crippen molar-refractivity contribution in [2.45, 2.75) is 19.4 Å². The fourth-order valence-corrected chi connectivity index (χ4v) is 3.19. The van der Waals surface area contributed by atoms with Crippen LogP contribution >= 0.6 is 24.2 Å². The van der Waals surface area contributed by atoms with Crippen LogP contribution in [0.3, 0.4) is 0 Å². The van der Waals surface area contributed by atoms with E-state index in [0.717, 1.165) is 34.3 Å². The summed E-state index contributed by atoms with van der Waals surface area (Å²) in [5.74, 6) is 7.66. The molecule has 0 fully saturated rings. The monoisotopic (exact) mass is 422 g/mol. The first kappa shape index (κ1) is 21.0. The average Bonchev–Trinajstić information content (AvgIpc) is 3.09. The second-order valence-electron chi connectivity index (χ2n) is 7.25. The molecule has 29 heavy (non-hydrogen) atoms. The lowest BCUT2D eigenvalue weighted by Crippen LogP contribution is -2.39. The van der Waals surface area contributed by atoms with Crippen molar-refractivity contribution in [1.82, 2.24) is 10.3 Å². The van der Waals surface area contributed by atoms with Gasteiger partial charge in [0.25, 0.3) is 0 Å². The number of hydrogen-bond acceptors (Lipinski definition) is 5. The number of aliphatic imine (C=N–C) groups is 1. The number of amidine groups is 1. The molecule has 0 unspecified atom stereocenters. The molecule has 148 valence electrons. The molecule has 1 aromatic heterocycles. The second kappa shape index (κ2) is 8.77. The number of thiol groups is 1. The van der Waals surface area contributed by atoms with Gasteiger partial charge in [0.1, 0.15) is 11.7 Å². The van der Waals surface area contributed by atoms with Gasteiger partial charge < -0.3 is 11.1 Å². The summed E-state index contributed by atoms with van der Waals surface area (Å²) in [5, 5.41) is 5.95. The van der Waals surface area contributed by atoms with E-state index in [-0.39, 0.29) is 5.54 Å². The molecule has 2 aromatic carbocycles. The van der Waals surface area contributed by atoms with Crippen molar-refractivity contribution in [3.05, 3.63) is 70.4 Å². The van der Waals surface area contributed by atoms with Crippen molar-refractivity contribution >= 4 is 46.7 Å². The van der Waals surface area contributed by atoms with Gasteiger partial charge in [-0.2, -0.15) is 12.6 Å². The van der Waals surface area contributed by atoms with Crippen molar-refractivity contribution in [3.8, 4) is 11.8 Å². The maximum absolute atomic E-state index is 6.13. The summed E-state index contributed by atoms with van der Waals surface area (Å²) in [6, 6.07) is 13.6. The first-order chi connectivity index (χ1) is 13.9. The molecule has 3 aromatic rings. The summed E-state index contributed by atoms with van der Waals surface area (Å²) in [6.45, 7) is 5.05. The third kappa shape index (κ3) is 4.84. The highest BCUT2D eigenvalue weighted by atomic mass is 35.5. The lowest BCUT2D eigenvalue weighted by molar-refractivity contribution is 0.506. The summed E-state index contributed by atoms with van der Waals surface area (Å²) in [4.78, 5) is 8.81. The summed E-state index contributed by atoms with van der Waals surface area (Å²) >= 11 is 9.66. The fourth-order valence-electron chi connectivity index (χ4n) is 3.02. The maximum atomic E-state index is 6.13. The summed E-state index contributed by atoms with van der Waals surface area (Å²) < 4.78 is 0. The number of aromatic nitrogens is 1. The van der Waals surface area contributed by atoms with Crippen LogP contribution in [0, 0.1) is 11.8 Å². The van der Waals surface area contributed by atoms with Crippen LogP contribution in [0.5, 0.6) is 0 Å². The maximum Gasteiger partial charge on any atom is 0.139 e. The minimum atomic E-state index is 0.00791. The Kier molecular flexibility index (Phi) is 6.36. The number of hydrogen-bond donors (Lipinski definition) is 3. The molecule has 4 nitrogen and oxygen atoms in total. The van der Waals surface area contributed by atoms with Crippen LogP contribution in [0.25, 0.3) is 10.8 Å². The van der Waals surface area contributed by atoms with Crippen LogP contribution in [0.15, 0.2) is 53.7 Å². The molecule has 2 heterocycles. The van der Waals surface area contributed by atoms with Gasteiger partial charge in [0.2, 0.25) is 0 Å². The van der Waals surface area contributed by atoms with Crippen molar-refractivity contribution in [1.29, 1.82) is 0 Å². The normalized spacial score (nSPS) is 14.2. The fraction of sp³-hybridized carbons (Fsp3) is 0.217. The van der Waals surface area contributed by atoms with E-state index in [1.807, 2.05) is 42.5 Å². The Hall–Kier alpha value is -2.68. The highest BCUT2D eigenvalue weighted by Gasteiger charge is 2.25.